The third-order valence-corrected chi connectivity index (χ3v) is 4.20. The summed E-state index contributed by atoms with van der Waals surface area (Å²) in [5.74, 6) is 0.552. The average Bonchev–Trinajstić information content (AvgIpc) is 2.76. The van der Waals surface area contributed by atoms with Crippen LogP contribution in [0.2, 0.25) is 0 Å². The van der Waals surface area contributed by atoms with Gasteiger partial charge < -0.3 is 5.32 Å². The van der Waals surface area contributed by atoms with Crippen LogP contribution in [-0.2, 0) is 6.54 Å². The molecule has 88 valence electrons. The van der Waals surface area contributed by atoms with Gasteiger partial charge in [0.1, 0.15) is 0 Å². The van der Waals surface area contributed by atoms with Crippen molar-refractivity contribution in [3.8, 4) is 0 Å². The third kappa shape index (κ3) is 3.16. The van der Waals surface area contributed by atoms with Gasteiger partial charge in [-0.1, -0.05) is 26.0 Å². The molecule has 1 aromatic heterocycles. The minimum absolute atomic E-state index is 0.552. The van der Waals surface area contributed by atoms with Crippen LogP contribution < -0.4 is 5.32 Å². The maximum Gasteiger partial charge on any atom is 0.0953 e. The molecular weight excluding hydrogens is 216 g/mol. The molecule has 1 atom stereocenters. The van der Waals surface area contributed by atoms with Crippen molar-refractivity contribution in [2.75, 3.05) is 0 Å². The molecular formula is C13H20N2S. The first-order valence-electron chi connectivity index (χ1n) is 6.08. The van der Waals surface area contributed by atoms with Crippen LogP contribution in [0.5, 0.6) is 0 Å². The largest absolute Gasteiger partial charge is 0.309 e. The van der Waals surface area contributed by atoms with Crippen LogP contribution in [0.1, 0.15) is 48.9 Å². The number of allylic oxidation sites excluding steroid dienone is 1. The van der Waals surface area contributed by atoms with Crippen molar-refractivity contribution in [3.63, 3.8) is 0 Å². The summed E-state index contributed by atoms with van der Waals surface area (Å²) in [6, 6.07) is 0.662. The molecule has 0 aliphatic heterocycles. The summed E-state index contributed by atoms with van der Waals surface area (Å²) in [5.41, 5.74) is 0. The zero-order valence-electron chi connectivity index (χ0n) is 10.1. The van der Waals surface area contributed by atoms with Crippen molar-refractivity contribution in [3.05, 3.63) is 28.2 Å². The van der Waals surface area contributed by atoms with Crippen molar-refractivity contribution in [2.24, 2.45) is 0 Å². The maximum absolute atomic E-state index is 4.44. The minimum atomic E-state index is 0.552. The van der Waals surface area contributed by atoms with Crippen molar-refractivity contribution < 1.29 is 0 Å². The lowest BCUT2D eigenvalue weighted by Gasteiger charge is -2.18. The monoisotopic (exact) mass is 236 g/mol. The number of rotatable bonds is 4. The van der Waals surface area contributed by atoms with Gasteiger partial charge in [-0.25, -0.2) is 4.98 Å². The van der Waals surface area contributed by atoms with Crippen molar-refractivity contribution >= 4 is 11.3 Å². The van der Waals surface area contributed by atoms with Crippen molar-refractivity contribution in [1.29, 1.82) is 0 Å². The van der Waals surface area contributed by atoms with Crippen LogP contribution >= 0.6 is 11.3 Å². The van der Waals surface area contributed by atoms with Crippen LogP contribution in [0, 0.1) is 0 Å². The van der Waals surface area contributed by atoms with Gasteiger partial charge in [0.25, 0.3) is 0 Å². The lowest BCUT2D eigenvalue weighted by molar-refractivity contribution is 0.476. The van der Waals surface area contributed by atoms with E-state index in [-0.39, 0.29) is 0 Å². The molecule has 0 saturated carbocycles. The molecule has 0 spiro atoms. The summed E-state index contributed by atoms with van der Waals surface area (Å²) >= 11 is 1.84. The van der Waals surface area contributed by atoms with E-state index in [2.05, 4.69) is 36.3 Å². The van der Waals surface area contributed by atoms with Gasteiger partial charge in [-0.2, -0.15) is 0 Å². The average molecular weight is 236 g/mol. The van der Waals surface area contributed by atoms with Crippen LogP contribution in [0.4, 0.5) is 0 Å². The molecule has 0 radical (unpaired) electrons. The Labute approximate surface area is 102 Å². The van der Waals surface area contributed by atoms with Crippen LogP contribution in [0.3, 0.4) is 0 Å². The Morgan fingerprint density at radius 3 is 3.00 bits per heavy atom. The van der Waals surface area contributed by atoms with E-state index in [1.165, 1.54) is 29.1 Å². The van der Waals surface area contributed by atoms with Gasteiger partial charge in [0.05, 0.1) is 5.01 Å². The highest BCUT2D eigenvalue weighted by atomic mass is 32.1. The fraction of sp³-hybridized carbons (Fsp3) is 0.615. The lowest BCUT2D eigenvalue weighted by Crippen LogP contribution is -2.28. The molecule has 0 fully saturated rings. The van der Waals surface area contributed by atoms with Gasteiger partial charge in [0.15, 0.2) is 0 Å². The minimum Gasteiger partial charge on any atom is -0.309 e. The zero-order chi connectivity index (χ0) is 11.4. The van der Waals surface area contributed by atoms with E-state index < -0.39 is 0 Å². The lowest BCUT2D eigenvalue weighted by atomic mass is 10.0. The molecule has 0 aromatic carbocycles. The molecule has 2 rings (SSSR count). The number of nitrogens with zero attached hydrogens (tertiary/aromatic N) is 1. The predicted molar refractivity (Wildman–Crippen MR) is 69.8 cm³/mol. The topological polar surface area (TPSA) is 24.9 Å². The predicted octanol–water partition coefficient (Wildman–Crippen LogP) is 3.46. The Morgan fingerprint density at radius 2 is 2.38 bits per heavy atom. The van der Waals surface area contributed by atoms with Crippen molar-refractivity contribution in [2.45, 2.75) is 51.6 Å². The van der Waals surface area contributed by atoms with E-state index in [1.807, 2.05) is 17.5 Å². The zero-order valence-corrected chi connectivity index (χ0v) is 10.9. The molecule has 1 aliphatic carbocycles. The van der Waals surface area contributed by atoms with E-state index in [4.69, 9.17) is 0 Å². The summed E-state index contributed by atoms with van der Waals surface area (Å²) < 4.78 is 0. The quantitative estimate of drug-likeness (QED) is 0.810. The van der Waals surface area contributed by atoms with Crippen LogP contribution in [0.15, 0.2) is 18.3 Å². The van der Waals surface area contributed by atoms with E-state index >= 15 is 0 Å². The maximum atomic E-state index is 4.44. The highest BCUT2D eigenvalue weighted by molar-refractivity contribution is 7.11. The van der Waals surface area contributed by atoms with Gasteiger partial charge in [-0.3, -0.25) is 0 Å². The number of nitrogens with one attached hydrogen (secondary N) is 1. The Kier molecular flexibility index (Phi) is 4.13. The summed E-state index contributed by atoms with van der Waals surface area (Å²) in [6.45, 7) is 5.37. The summed E-state index contributed by atoms with van der Waals surface area (Å²) in [7, 11) is 0. The van der Waals surface area contributed by atoms with Crippen LogP contribution in [-0.4, -0.2) is 11.0 Å². The summed E-state index contributed by atoms with van der Waals surface area (Å²) in [5, 5.41) is 4.86. The van der Waals surface area contributed by atoms with Gasteiger partial charge >= 0.3 is 0 Å². The van der Waals surface area contributed by atoms with Crippen molar-refractivity contribution in [1.82, 2.24) is 10.3 Å². The normalized spacial score (nSPS) is 20.6. The number of hydrogen-bond acceptors (Lipinski definition) is 3. The van der Waals surface area contributed by atoms with E-state index in [0.29, 0.717) is 12.0 Å². The van der Waals surface area contributed by atoms with Gasteiger partial charge in [-0.05, 0) is 19.3 Å². The Bertz CT molecular complexity index is 355. The fourth-order valence-electron chi connectivity index (χ4n) is 1.90. The second kappa shape index (κ2) is 5.60. The molecule has 1 unspecified atom stereocenters. The Balaban J connectivity index is 1.82. The Morgan fingerprint density at radius 1 is 1.50 bits per heavy atom. The molecule has 0 amide bonds. The van der Waals surface area contributed by atoms with E-state index in [9.17, 15) is 0 Å². The number of thiazole rings is 1. The van der Waals surface area contributed by atoms with Crippen LogP contribution in [0.25, 0.3) is 0 Å². The van der Waals surface area contributed by atoms with Gasteiger partial charge in [-0.15, -0.1) is 11.3 Å². The first-order valence-corrected chi connectivity index (χ1v) is 6.90. The molecule has 0 bridgehead atoms. The molecule has 1 aromatic rings. The highest BCUT2D eigenvalue weighted by Gasteiger charge is 2.10. The number of hydrogen-bond donors (Lipinski definition) is 1. The fourth-order valence-corrected chi connectivity index (χ4v) is 2.77. The standard InChI is InChI=1S/C13H20N2S/c1-10(2)13-15-9-12(16-13)8-14-11-6-4-3-5-7-11/h3-4,9-11,14H,5-8H2,1-2H3. The first-order chi connectivity index (χ1) is 7.75. The van der Waals surface area contributed by atoms with E-state index in [0.717, 1.165) is 6.54 Å². The second-order valence-electron chi connectivity index (χ2n) is 4.68. The molecule has 1 aliphatic rings. The molecule has 0 saturated heterocycles. The van der Waals surface area contributed by atoms with Gasteiger partial charge in [0.2, 0.25) is 0 Å². The molecule has 2 nitrogen and oxygen atoms in total. The van der Waals surface area contributed by atoms with Gasteiger partial charge in [0, 0.05) is 29.6 Å². The molecule has 1 heterocycles. The first kappa shape index (κ1) is 11.8. The summed E-state index contributed by atoms with van der Waals surface area (Å²) in [6.07, 6.45) is 10.3. The Hall–Kier alpha value is -0.670. The SMILES string of the molecule is CC(C)c1ncc(CNC2CC=CCC2)s1. The molecule has 16 heavy (non-hydrogen) atoms. The number of aromatic nitrogens is 1. The second-order valence-corrected chi connectivity index (χ2v) is 5.83. The third-order valence-electron chi connectivity index (χ3n) is 2.90. The highest BCUT2D eigenvalue weighted by Crippen LogP contribution is 2.21. The van der Waals surface area contributed by atoms with E-state index in [1.54, 1.807) is 0 Å². The molecule has 3 heteroatoms. The molecule has 1 N–H and O–H groups in total. The smallest absolute Gasteiger partial charge is 0.0953 e. The summed E-state index contributed by atoms with van der Waals surface area (Å²) in [4.78, 5) is 5.80.